The van der Waals surface area contributed by atoms with E-state index in [-0.39, 0.29) is 17.9 Å². The van der Waals surface area contributed by atoms with E-state index in [0.29, 0.717) is 0 Å². The number of methoxy groups -OCH3 is 1. The summed E-state index contributed by atoms with van der Waals surface area (Å²) < 4.78 is 118. The van der Waals surface area contributed by atoms with Crippen LogP contribution in [0.4, 0.5) is 35.1 Å². The second kappa shape index (κ2) is 8.52. The van der Waals surface area contributed by atoms with Gasteiger partial charge < -0.3 is 4.74 Å². The van der Waals surface area contributed by atoms with Gasteiger partial charge in [0.2, 0.25) is 0 Å². The fraction of sp³-hybridized carbons (Fsp3) is 0.143. The van der Waals surface area contributed by atoms with Crippen molar-refractivity contribution in [3.05, 3.63) is 81.9 Å². The molecule has 0 atom stereocenters. The Morgan fingerprint density at radius 1 is 0.548 bits per heavy atom. The first-order valence-electron chi connectivity index (χ1n) is 8.80. The fourth-order valence-corrected chi connectivity index (χ4v) is 6.98. The quantitative estimate of drug-likeness (QED) is 0.326. The molecule has 0 amide bonds. The van der Waals surface area contributed by atoms with Crippen LogP contribution in [-0.4, -0.2) is 21.3 Å². The van der Waals surface area contributed by atoms with Crippen LogP contribution in [0.15, 0.2) is 24.3 Å². The fourth-order valence-electron chi connectivity index (χ4n) is 3.55. The zero-order chi connectivity index (χ0) is 23.2. The van der Waals surface area contributed by atoms with Crippen molar-refractivity contribution in [1.82, 2.24) is 0 Å². The summed E-state index contributed by atoms with van der Waals surface area (Å²) in [7, 11) is 1.13. The van der Waals surface area contributed by atoms with Gasteiger partial charge in [0.05, 0.1) is 7.11 Å². The molecule has 0 saturated carbocycles. The van der Waals surface area contributed by atoms with Crippen LogP contribution < -0.4 is 18.0 Å². The van der Waals surface area contributed by atoms with Gasteiger partial charge in [-0.25, -0.2) is 35.1 Å². The van der Waals surface area contributed by atoms with Crippen molar-refractivity contribution in [3.8, 4) is 5.75 Å². The summed E-state index contributed by atoms with van der Waals surface area (Å²) in [6, 6.07) is 1.78. The summed E-state index contributed by atoms with van der Waals surface area (Å²) in [5.74, 6) is -11.8. The minimum atomic E-state index is -4.04. The van der Waals surface area contributed by atoms with Crippen LogP contribution >= 0.6 is 0 Å². The van der Waals surface area contributed by atoms with Gasteiger partial charge in [0.15, 0.2) is 23.3 Å². The van der Waals surface area contributed by atoms with E-state index in [4.69, 9.17) is 4.74 Å². The smallest absolute Gasteiger partial charge is 0.403 e. The molecule has 0 bridgehead atoms. The van der Waals surface area contributed by atoms with Gasteiger partial charge in [0, 0.05) is 24.3 Å². The molecule has 0 aliphatic carbocycles. The van der Waals surface area contributed by atoms with Gasteiger partial charge >= 0.3 is 14.1 Å². The van der Waals surface area contributed by atoms with Gasteiger partial charge in [0.1, 0.15) is 29.0 Å². The van der Waals surface area contributed by atoms with Gasteiger partial charge in [-0.3, -0.25) is 0 Å². The number of hydrogen-bond donors (Lipinski definition) is 0. The van der Waals surface area contributed by atoms with Crippen molar-refractivity contribution in [2.45, 2.75) is 13.8 Å². The Kier molecular flexibility index (Phi) is 6.35. The van der Waals surface area contributed by atoms with Gasteiger partial charge in [0.25, 0.3) is 0 Å². The second-order valence-corrected chi connectivity index (χ2v) is 9.42. The highest BCUT2D eigenvalue weighted by atomic mass is 27.2. The van der Waals surface area contributed by atoms with Crippen molar-refractivity contribution in [1.29, 1.82) is 0 Å². The van der Waals surface area contributed by atoms with E-state index in [1.165, 1.54) is 0 Å². The van der Waals surface area contributed by atoms with Crippen molar-refractivity contribution >= 4 is 27.4 Å². The Hall–Kier alpha value is -2.57. The number of rotatable bonds is 4. The number of halogens is 8. The molecule has 0 radical (unpaired) electrons. The van der Waals surface area contributed by atoms with E-state index >= 15 is 0 Å². The molecule has 0 fully saturated rings. The molecule has 0 saturated heterocycles. The average molecular weight is 460 g/mol. The molecule has 31 heavy (non-hydrogen) atoms. The number of ether oxygens (including phenoxy) is 1. The van der Waals surface area contributed by atoms with Crippen LogP contribution in [0.25, 0.3) is 0 Å². The Morgan fingerprint density at radius 2 is 0.903 bits per heavy atom. The standard InChI is InChI=1S/2C7H4F3.C7H5F2O.Al/c2*1-4-2-5(8)3-6(9)7(4)10;1-10-7-3-5(8)2-6(9)4-7;/h2*3H,1H3;3-4H,1H3;. The lowest BCUT2D eigenvalue weighted by Gasteiger charge is -2.22. The normalized spacial score (nSPS) is 11.1. The van der Waals surface area contributed by atoms with E-state index < -0.39 is 85.1 Å². The van der Waals surface area contributed by atoms with Crippen molar-refractivity contribution in [2.75, 3.05) is 7.11 Å². The molecule has 0 heterocycles. The minimum Gasteiger partial charge on any atom is -0.497 e. The molecule has 0 unspecified atom stereocenters. The molecule has 10 heteroatoms. The van der Waals surface area contributed by atoms with Crippen molar-refractivity contribution in [3.63, 3.8) is 0 Å². The van der Waals surface area contributed by atoms with Gasteiger partial charge in [-0.2, -0.15) is 0 Å². The summed E-state index contributed by atoms with van der Waals surface area (Å²) in [4.78, 5) is 0. The second-order valence-electron chi connectivity index (χ2n) is 6.82. The third-order valence-corrected chi connectivity index (χ3v) is 8.76. The Bertz CT molecular complexity index is 1110. The molecule has 0 aromatic heterocycles. The number of benzene rings is 3. The van der Waals surface area contributed by atoms with Crippen molar-refractivity contribution in [2.24, 2.45) is 0 Å². The highest BCUT2D eigenvalue weighted by Gasteiger charge is 2.40. The van der Waals surface area contributed by atoms with Gasteiger partial charge in [-0.05, 0) is 29.4 Å². The summed E-state index contributed by atoms with van der Waals surface area (Å²) >= 11 is -4.04. The highest BCUT2D eigenvalue weighted by Crippen LogP contribution is 2.20. The number of hydrogen-bond acceptors (Lipinski definition) is 1. The summed E-state index contributed by atoms with van der Waals surface area (Å²) in [5, 5.41) is 0. The maximum atomic E-state index is 14.9. The molecule has 0 N–H and O–H groups in total. The van der Waals surface area contributed by atoms with E-state index in [1.807, 2.05) is 0 Å². The zero-order valence-corrected chi connectivity index (χ0v) is 17.5. The third kappa shape index (κ3) is 3.90. The lowest BCUT2D eigenvalue weighted by Crippen LogP contribution is -2.59. The maximum Gasteiger partial charge on any atom is 0.403 e. The lowest BCUT2D eigenvalue weighted by atomic mass is 10.2. The van der Waals surface area contributed by atoms with Crippen LogP contribution in [-0.2, 0) is 0 Å². The van der Waals surface area contributed by atoms with Gasteiger partial charge in [-0.1, -0.05) is 8.85 Å². The molecule has 1 nitrogen and oxygen atoms in total. The molecule has 3 aromatic carbocycles. The van der Waals surface area contributed by atoms with E-state index in [1.54, 1.807) is 0 Å². The highest BCUT2D eigenvalue weighted by molar-refractivity contribution is 6.96. The van der Waals surface area contributed by atoms with Gasteiger partial charge in [-0.15, -0.1) is 0 Å². The zero-order valence-electron chi connectivity index (χ0n) is 16.3. The van der Waals surface area contributed by atoms with Crippen LogP contribution in [0.1, 0.15) is 11.1 Å². The molecule has 3 rings (SSSR count). The topological polar surface area (TPSA) is 9.23 Å². The lowest BCUT2D eigenvalue weighted by molar-refractivity contribution is 0.407. The van der Waals surface area contributed by atoms with Crippen LogP contribution in [0, 0.1) is 60.4 Å². The summed E-state index contributed by atoms with van der Waals surface area (Å²) in [6.45, 7) is 1.90. The monoisotopic (exact) mass is 460 g/mol. The van der Waals surface area contributed by atoms with E-state index in [0.717, 1.165) is 33.1 Å². The van der Waals surface area contributed by atoms with Crippen LogP contribution in [0.3, 0.4) is 0 Å². The first kappa shape index (κ1) is 23.1. The molecular formula is C21H13AlF8O. The predicted molar refractivity (Wildman–Crippen MR) is 99.7 cm³/mol. The Labute approximate surface area is 176 Å². The van der Waals surface area contributed by atoms with Crippen molar-refractivity contribution < 1.29 is 39.9 Å². The molecule has 0 aliphatic rings. The minimum absolute atomic E-state index is 0.157. The molecule has 0 spiro atoms. The largest absolute Gasteiger partial charge is 0.497 e. The Morgan fingerprint density at radius 3 is 1.26 bits per heavy atom. The Balaban J connectivity index is 2.51. The molecular weight excluding hydrogens is 447 g/mol. The predicted octanol–water partition coefficient (Wildman–Crippen LogP) is 3.94. The summed E-state index contributed by atoms with van der Waals surface area (Å²) in [5.41, 5.74) is -1.32. The average Bonchev–Trinajstić information content (AvgIpc) is 2.69. The first-order chi connectivity index (χ1) is 14.5. The molecule has 0 aliphatic heterocycles. The summed E-state index contributed by atoms with van der Waals surface area (Å²) in [6.07, 6.45) is 0. The molecule has 162 valence electrons. The van der Waals surface area contributed by atoms with Crippen LogP contribution in [0.5, 0.6) is 5.75 Å². The maximum absolute atomic E-state index is 14.9. The third-order valence-electron chi connectivity index (χ3n) is 5.06. The van der Waals surface area contributed by atoms with E-state index in [2.05, 4.69) is 0 Å². The van der Waals surface area contributed by atoms with E-state index in [9.17, 15) is 35.1 Å². The van der Waals surface area contributed by atoms with Crippen LogP contribution in [0.2, 0.25) is 0 Å². The first-order valence-corrected chi connectivity index (χ1v) is 10.5. The molecule has 3 aromatic rings. The SMILES string of the molecule is COc1cc(F)[c]([Al]([c]2c(F)cc(F)c(F)c2C)[c]2c(F)cc(F)c(F)c2C)c(F)c1.